The second-order valence-electron chi connectivity index (χ2n) is 0.600. The summed E-state index contributed by atoms with van der Waals surface area (Å²) >= 11 is 0. The first-order valence-corrected chi connectivity index (χ1v) is 2.68. The minimum absolute atomic E-state index is 0. The Balaban J connectivity index is -0.00000000381. The summed E-state index contributed by atoms with van der Waals surface area (Å²) in [6.07, 6.45) is 0. The van der Waals surface area contributed by atoms with Crippen molar-refractivity contribution in [2.24, 2.45) is 0 Å². The zero-order valence-electron chi connectivity index (χ0n) is 7.70. The predicted octanol–water partition coefficient (Wildman–Crippen LogP) is -4.10. The molecule has 0 aromatic heterocycles. The second-order valence-corrected chi connectivity index (χ2v) is 1.80. The Kier molecular flexibility index (Phi) is 30.0. The van der Waals surface area contributed by atoms with Crippen LogP contribution in [0.15, 0.2) is 0 Å². The Bertz CT molecular complexity index is 42.5. The normalized spacial score (nSPS) is 7.50. The smallest absolute Gasteiger partial charge is 1.00 e. The molecule has 0 aromatic rings. The third-order valence-corrected chi connectivity index (χ3v) is 0. The van der Waals surface area contributed by atoms with Gasteiger partial charge in [-0.1, -0.05) is 0 Å². The van der Waals surface area contributed by atoms with Crippen molar-refractivity contribution in [2.45, 2.75) is 0 Å². The van der Waals surface area contributed by atoms with Gasteiger partial charge in [-0.05, 0) is 0 Å². The van der Waals surface area contributed by atoms with E-state index in [2.05, 4.69) is 0 Å². The van der Waals surface area contributed by atoms with Gasteiger partial charge in [0, 0.05) is 0 Å². The molecule has 0 atom stereocenters. The molecular formula is H11AlBaO4SiSr. The van der Waals surface area contributed by atoms with Crippen LogP contribution in [0.1, 0.15) is 5.71 Å². The van der Waals surface area contributed by atoms with E-state index in [1.165, 1.54) is 0 Å². The van der Waals surface area contributed by atoms with Crippen LogP contribution in [0, 0.1) is 0 Å². The third-order valence-electron chi connectivity index (χ3n) is 0. The molecule has 8 heteroatoms. The van der Waals surface area contributed by atoms with Crippen molar-refractivity contribution >= 4 is 121 Å². The van der Waals surface area contributed by atoms with Crippen molar-refractivity contribution in [3.63, 3.8) is 0 Å². The van der Waals surface area contributed by atoms with Crippen LogP contribution in [-0.4, -0.2) is 140 Å². The van der Waals surface area contributed by atoms with Crippen molar-refractivity contribution in [1.29, 1.82) is 0 Å². The van der Waals surface area contributed by atoms with Gasteiger partial charge in [0.2, 0.25) is 0 Å². The fourth-order valence-electron chi connectivity index (χ4n) is 0. The van der Waals surface area contributed by atoms with E-state index in [4.69, 9.17) is 19.2 Å². The summed E-state index contributed by atoms with van der Waals surface area (Å²) in [7, 11) is -4.61. The van der Waals surface area contributed by atoms with Gasteiger partial charge >= 0.3 is 103 Å². The molecule has 46 valence electrons. The maximum Gasteiger partial charge on any atom is 2.00 e. The Morgan fingerprint density at radius 3 is 1.00 bits per heavy atom. The van der Waals surface area contributed by atoms with Crippen molar-refractivity contribution < 1.29 is 24.9 Å². The molecule has 4 N–H and O–H groups in total. The van der Waals surface area contributed by atoms with Gasteiger partial charge in [-0.25, -0.2) is 0 Å². The molecule has 0 heterocycles. The van der Waals surface area contributed by atoms with Crippen LogP contribution in [0.5, 0.6) is 0 Å². The van der Waals surface area contributed by atoms with E-state index in [1.54, 1.807) is 0 Å². The zero-order valence-corrected chi connectivity index (χ0v) is 12.6. The molecule has 0 aliphatic heterocycles. The summed E-state index contributed by atoms with van der Waals surface area (Å²) in [4.78, 5) is 29.3. The molecule has 0 rings (SSSR count). The number of rotatable bonds is 0. The van der Waals surface area contributed by atoms with Crippen LogP contribution in [0.25, 0.3) is 0 Å². The van der Waals surface area contributed by atoms with Crippen molar-refractivity contribution in [2.75, 3.05) is 0 Å². The number of hydrogen-bond donors (Lipinski definition) is 4. The van der Waals surface area contributed by atoms with Crippen LogP contribution < -0.4 is 0 Å². The third kappa shape index (κ3) is 54.3. The molecular weight excluding hydrogens is 344 g/mol. The summed E-state index contributed by atoms with van der Waals surface area (Å²) in [5, 5.41) is 0. The SMILES string of the molecule is O[Si](O)(O)O.[AlH3].[Ba+2].[H-].[H-].[H-].[H-].[Sr+2]. The average molecular weight is 355 g/mol. The second kappa shape index (κ2) is 10.6. The topological polar surface area (TPSA) is 80.9 Å². The largest absolute Gasteiger partial charge is 2.00 e. The first kappa shape index (κ1) is 22.6. The van der Waals surface area contributed by atoms with Crippen molar-refractivity contribution in [3.8, 4) is 0 Å². The monoisotopic (exact) mass is 356 g/mol. The summed E-state index contributed by atoms with van der Waals surface area (Å²) < 4.78 is 0. The standard InChI is InChI=1S/Al.Ba.H4O4Si.Sr.7H/c;;1-5(2,3)4;;;;;;;;/h;;1-4H;;;;;;;;/q;+2;;+2;;;;4*-1. The Morgan fingerprint density at radius 2 is 1.00 bits per heavy atom. The molecule has 0 saturated heterocycles. The molecule has 0 fully saturated rings. The molecule has 0 saturated carbocycles. The molecule has 0 spiro atoms. The van der Waals surface area contributed by atoms with Gasteiger partial charge in [-0.2, -0.15) is 0 Å². The maximum atomic E-state index is 7.33. The van der Waals surface area contributed by atoms with Crippen LogP contribution >= 0.6 is 0 Å². The van der Waals surface area contributed by atoms with Gasteiger partial charge in [-0.15, -0.1) is 0 Å². The van der Waals surface area contributed by atoms with Crippen LogP contribution in [0.2, 0.25) is 0 Å². The van der Waals surface area contributed by atoms with Gasteiger partial charge in [-0.3, -0.25) is 0 Å². The van der Waals surface area contributed by atoms with Gasteiger partial charge in [0.15, 0.2) is 17.4 Å². The molecule has 4 nitrogen and oxygen atoms in total. The fourth-order valence-corrected chi connectivity index (χ4v) is 0. The first-order chi connectivity index (χ1) is 2.00. The number of hydrogen-bond acceptors (Lipinski definition) is 4. The van der Waals surface area contributed by atoms with E-state index in [-0.39, 0.29) is 117 Å². The molecule has 0 radical (unpaired) electrons. The summed E-state index contributed by atoms with van der Waals surface area (Å²) in [6.45, 7) is 0. The fraction of sp³-hybridized carbons (Fsp3) is 0. The van der Waals surface area contributed by atoms with E-state index in [1.807, 2.05) is 0 Å². The molecule has 0 bridgehead atoms. The average Bonchev–Trinajstić information content (AvgIpc) is 0.722. The Morgan fingerprint density at radius 1 is 1.00 bits per heavy atom. The quantitative estimate of drug-likeness (QED) is 0.333. The Labute approximate surface area is 142 Å². The zero-order chi connectivity index (χ0) is 4.50. The van der Waals surface area contributed by atoms with Gasteiger partial charge < -0.3 is 24.9 Å². The Hall–Kier alpha value is 3.64. The van der Waals surface area contributed by atoms with Gasteiger partial charge in [0.1, 0.15) is 0 Å². The minimum atomic E-state index is -4.61. The van der Waals surface area contributed by atoms with E-state index in [9.17, 15) is 0 Å². The minimum Gasteiger partial charge on any atom is -1.00 e. The van der Waals surface area contributed by atoms with Crippen molar-refractivity contribution in [1.82, 2.24) is 0 Å². The van der Waals surface area contributed by atoms with Gasteiger partial charge in [0.05, 0.1) is 0 Å². The van der Waals surface area contributed by atoms with Crippen LogP contribution in [-0.2, 0) is 0 Å². The summed E-state index contributed by atoms with van der Waals surface area (Å²) in [5.74, 6) is 0. The predicted molar refractivity (Wildman–Crippen MR) is 40.5 cm³/mol. The molecule has 0 aromatic carbocycles. The van der Waals surface area contributed by atoms with E-state index in [0.29, 0.717) is 0 Å². The van der Waals surface area contributed by atoms with Crippen LogP contribution in [0.4, 0.5) is 0 Å². The molecule has 0 amide bonds. The van der Waals surface area contributed by atoms with Crippen molar-refractivity contribution in [3.05, 3.63) is 0 Å². The first-order valence-electron chi connectivity index (χ1n) is 0.894. The van der Waals surface area contributed by atoms with E-state index < -0.39 is 9.05 Å². The molecule has 0 aliphatic carbocycles. The maximum absolute atomic E-state index is 7.33. The molecule has 8 heavy (non-hydrogen) atoms. The molecule has 0 unspecified atom stereocenters. The summed E-state index contributed by atoms with van der Waals surface area (Å²) in [6, 6.07) is 0. The van der Waals surface area contributed by atoms with E-state index in [0.717, 1.165) is 0 Å². The van der Waals surface area contributed by atoms with Crippen LogP contribution in [0.3, 0.4) is 0 Å². The molecule has 0 aliphatic rings. The van der Waals surface area contributed by atoms with Gasteiger partial charge in [0.25, 0.3) is 0 Å². The summed E-state index contributed by atoms with van der Waals surface area (Å²) in [5.41, 5.74) is 0. The van der Waals surface area contributed by atoms with E-state index >= 15 is 0 Å².